The average molecular weight is 330 g/mol. The molecule has 5 fully saturated rings. The van der Waals surface area contributed by atoms with Crippen molar-refractivity contribution in [2.24, 2.45) is 35.5 Å². The lowest BCUT2D eigenvalue weighted by Crippen LogP contribution is -2.53. The molecule has 24 heavy (non-hydrogen) atoms. The number of fused-ring (bicyclic) bond motifs is 4. The van der Waals surface area contributed by atoms with Gasteiger partial charge in [-0.15, -0.1) is 0 Å². The first-order valence-corrected chi connectivity index (χ1v) is 10.3. The normalized spacial score (nSPS) is 43.7. The lowest BCUT2D eigenvalue weighted by molar-refractivity contribution is -0.145. The molecule has 132 valence electrons. The van der Waals surface area contributed by atoms with Crippen molar-refractivity contribution in [2.75, 3.05) is 26.2 Å². The number of carbonyl (C=O) groups is 2. The summed E-state index contributed by atoms with van der Waals surface area (Å²) in [5, 5.41) is 0. The molecular weight excluding hydrogens is 300 g/mol. The first-order valence-electron chi connectivity index (χ1n) is 10.3. The molecular formula is C20H30N2O2. The molecule has 0 unspecified atom stereocenters. The van der Waals surface area contributed by atoms with E-state index in [9.17, 15) is 9.59 Å². The Morgan fingerprint density at radius 1 is 0.583 bits per heavy atom. The fraction of sp³-hybridized carbons (Fsp3) is 0.900. The van der Waals surface area contributed by atoms with Gasteiger partial charge < -0.3 is 9.80 Å². The maximum atomic E-state index is 12.8. The van der Waals surface area contributed by atoms with E-state index in [2.05, 4.69) is 9.80 Å². The summed E-state index contributed by atoms with van der Waals surface area (Å²) in [7, 11) is 0. The lowest BCUT2D eigenvalue weighted by atomic mass is 9.87. The minimum absolute atomic E-state index is 0.302. The second-order valence-electron chi connectivity index (χ2n) is 9.21. The highest BCUT2D eigenvalue weighted by atomic mass is 16.2. The number of piperazine rings is 1. The number of hydrogen-bond acceptors (Lipinski definition) is 2. The Balaban J connectivity index is 1.16. The first-order chi connectivity index (χ1) is 11.7. The molecule has 5 rings (SSSR count). The van der Waals surface area contributed by atoms with E-state index >= 15 is 0 Å². The van der Waals surface area contributed by atoms with Gasteiger partial charge in [0.05, 0.1) is 0 Å². The van der Waals surface area contributed by atoms with Crippen LogP contribution in [0.5, 0.6) is 0 Å². The van der Waals surface area contributed by atoms with Crippen LogP contribution < -0.4 is 0 Å². The summed E-state index contributed by atoms with van der Waals surface area (Å²) in [6, 6.07) is 0. The molecule has 0 aromatic rings. The number of nitrogens with zero attached hydrogens (tertiary/aromatic N) is 2. The molecule has 1 aliphatic heterocycles. The van der Waals surface area contributed by atoms with Gasteiger partial charge in [0.15, 0.2) is 0 Å². The predicted octanol–water partition coefficient (Wildman–Crippen LogP) is 2.53. The van der Waals surface area contributed by atoms with Crippen molar-refractivity contribution in [3.05, 3.63) is 0 Å². The van der Waals surface area contributed by atoms with Gasteiger partial charge in [-0.3, -0.25) is 9.59 Å². The fourth-order valence-electron chi connectivity index (χ4n) is 6.71. The van der Waals surface area contributed by atoms with Gasteiger partial charge in [0.25, 0.3) is 0 Å². The summed E-state index contributed by atoms with van der Waals surface area (Å²) in [4.78, 5) is 29.8. The van der Waals surface area contributed by atoms with Gasteiger partial charge in [-0.1, -0.05) is 12.8 Å². The molecule has 1 saturated heterocycles. The minimum Gasteiger partial charge on any atom is -0.339 e. The smallest absolute Gasteiger partial charge is 0.226 e. The maximum Gasteiger partial charge on any atom is 0.226 e. The number of hydrogen-bond donors (Lipinski definition) is 0. The van der Waals surface area contributed by atoms with Crippen LogP contribution in [0.1, 0.15) is 51.4 Å². The van der Waals surface area contributed by atoms with Crippen molar-refractivity contribution in [1.29, 1.82) is 0 Å². The zero-order valence-electron chi connectivity index (χ0n) is 14.7. The van der Waals surface area contributed by atoms with E-state index in [0.717, 1.165) is 50.9 Å². The second kappa shape index (κ2) is 5.74. The highest BCUT2D eigenvalue weighted by Gasteiger charge is 2.46. The molecule has 0 aromatic heterocycles. The van der Waals surface area contributed by atoms with Crippen LogP contribution in [-0.4, -0.2) is 47.8 Å². The summed E-state index contributed by atoms with van der Waals surface area (Å²) < 4.78 is 0. The summed E-state index contributed by atoms with van der Waals surface area (Å²) in [5.41, 5.74) is 0. The van der Waals surface area contributed by atoms with Crippen molar-refractivity contribution in [3.63, 3.8) is 0 Å². The van der Waals surface area contributed by atoms with E-state index in [1.807, 2.05) is 0 Å². The molecule has 4 saturated carbocycles. The van der Waals surface area contributed by atoms with Gasteiger partial charge >= 0.3 is 0 Å². The molecule has 1 heterocycles. The second-order valence-corrected chi connectivity index (χ2v) is 9.21. The van der Waals surface area contributed by atoms with Gasteiger partial charge in [0.1, 0.15) is 0 Å². The Morgan fingerprint density at radius 3 is 1.29 bits per heavy atom. The van der Waals surface area contributed by atoms with E-state index < -0.39 is 0 Å². The van der Waals surface area contributed by atoms with Crippen LogP contribution in [0, 0.1) is 35.5 Å². The summed E-state index contributed by atoms with van der Waals surface area (Å²) in [6.45, 7) is 3.05. The molecule has 0 radical (unpaired) electrons. The van der Waals surface area contributed by atoms with Gasteiger partial charge in [0, 0.05) is 38.0 Å². The summed E-state index contributed by atoms with van der Waals surface area (Å²) >= 11 is 0. The van der Waals surface area contributed by atoms with Crippen molar-refractivity contribution < 1.29 is 9.59 Å². The Bertz CT molecular complexity index is 492. The number of amides is 2. The summed E-state index contributed by atoms with van der Waals surface area (Å²) in [5.74, 6) is 4.37. The van der Waals surface area contributed by atoms with Gasteiger partial charge in [0.2, 0.25) is 11.8 Å². The predicted molar refractivity (Wildman–Crippen MR) is 91.0 cm³/mol. The average Bonchev–Trinajstić information content (AvgIpc) is 3.41. The third kappa shape index (κ3) is 2.40. The van der Waals surface area contributed by atoms with Crippen molar-refractivity contribution in [3.8, 4) is 0 Å². The topological polar surface area (TPSA) is 40.6 Å². The monoisotopic (exact) mass is 330 g/mol. The molecule has 5 aliphatic rings. The van der Waals surface area contributed by atoms with Crippen LogP contribution in [0.15, 0.2) is 0 Å². The molecule has 4 aliphatic carbocycles. The van der Waals surface area contributed by atoms with Crippen molar-refractivity contribution in [2.45, 2.75) is 51.4 Å². The van der Waals surface area contributed by atoms with E-state index in [0.29, 0.717) is 35.5 Å². The van der Waals surface area contributed by atoms with Gasteiger partial charge in [-0.05, 0) is 62.2 Å². The first kappa shape index (κ1) is 15.2. The van der Waals surface area contributed by atoms with Crippen molar-refractivity contribution in [1.82, 2.24) is 9.80 Å². The SMILES string of the molecule is O=C([C@H]1C[C@H]2CC[C@H]1C2)N1CCN(C(=O)[C@@H]2C[C@H]3CC[C@H]2C3)CC1. The largest absolute Gasteiger partial charge is 0.339 e. The number of rotatable bonds is 2. The molecule has 4 nitrogen and oxygen atoms in total. The molecule has 2 amide bonds. The standard InChI is InChI=1S/C20H30N2O2/c23-19(17-11-13-1-3-15(17)9-13)21-5-7-22(8-6-21)20(24)18-12-14-2-4-16(18)10-14/h13-18H,1-12H2/t13-,14-,15-,16-,17-,18+/m0/s1. The molecule has 4 heteroatoms. The van der Waals surface area contributed by atoms with Crippen molar-refractivity contribution >= 4 is 11.8 Å². The van der Waals surface area contributed by atoms with Crippen LogP contribution in [0.3, 0.4) is 0 Å². The third-order valence-electron chi connectivity index (χ3n) is 8.01. The Hall–Kier alpha value is -1.06. The van der Waals surface area contributed by atoms with E-state index in [4.69, 9.17) is 0 Å². The van der Waals surface area contributed by atoms with Crippen LogP contribution in [0.4, 0.5) is 0 Å². The Labute approximate surface area is 144 Å². The highest BCUT2D eigenvalue weighted by molar-refractivity contribution is 5.82. The maximum absolute atomic E-state index is 12.8. The van der Waals surface area contributed by atoms with E-state index in [-0.39, 0.29) is 0 Å². The van der Waals surface area contributed by atoms with E-state index in [1.54, 1.807) is 0 Å². The quantitative estimate of drug-likeness (QED) is 0.781. The summed E-state index contributed by atoms with van der Waals surface area (Å²) in [6.07, 6.45) is 10.1. The molecule has 6 atom stereocenters. The van der Waals surface area contributed by atoms with Crippen LogP contribution >= 0.6 is 0 Å². The Morgan fingerprint density at radius 2 is 1.00 bits per heavy atom. The molecule has 0 aromatic carbocycles. The van der Waals surface area contributed by atoms with Crippen LogP contribution in [0.2, 0.25) is 0 Å². The fourth-order valence-corrected chi connectivity index (χ4v) is 6.71. The lowest BCUT2D eigenvalue weighted by Gasteiger charge is -2.39. The van der Waals surface area contributed by atoms with Crippen LogP contribution in [0.25, 0.3) is 0 Å². The number of carbonyl (C=O) groups excluding carboxylic acids is 2. The Kier molecular flexibility index (Phi) is 3.64. The molecule has 0 spiro atoms. The minimum atomic E-state index is 0.302. The highest BCUT2D eigenvalue weighted by Crippen LogP contribution is 2.50. The van der Waals surface area contributed by atoms with Crippen LogP contribution in [-0.2, 0) is 9.59 Å². The zero-order valence-corrected chi connectivity index (χ0v) is 14.7. The van der Waals surface area contributed by atoms with Gasteiger partial charge in [-0.2, -0.15) is 0 Å². The zero-order chi connectivity index (χ0) is 16.3. The third-order valence-corrected chi connectivity index (χ3v) is 8.01. The molecule has 0 N–H and O–H groups in total. The van der Waals surface area contributed by atoms with Gasteiger partial charge in [-0.25, -0.2) is 0 Å². The molecule has 4 bridgehead atoms. The van der Waals surface area contributed by atoms with E-state index in [1.165, 1.54) is 38.5 Å².